The smallest absolute Gasteiger partial charge is 0.0420 e. The maximum Gasteiger partial charge on any atom is 0.0420 e. The van der Waals surface area contributed by atoms with Gasteiger partial charge in [0.1, 0.15) is 0 Å². The van der Waals surface area contributed by atoms with Crippen molar-refractivity contribution in [3.05, 3.63) is 50.6 Å². The Kier molecular flexibility index (Phi) is 4.80. The van der Waals surface area contributed by atoms with E-state index < -0.39 is 0 Å². The molecule has 0 saturated carbocycles. The molecule has 0 bridgehead atoms. The number of halogens is 1. The molecular weight excluding hydrogens is 308 g/mol. The first-order chi connectivity index (χ1) is 8.72. The fourth-order valence-electron chi connectivity index (χ4n) is 1.96. The van der Waals surface area contributed by atoms with Crippen LogP contribution in [0.25, 0.3) is 0 Å². The van der Waals surface area contributed by atoms with Crippen molar-refractivity contribution in [3.63, 3.8) is 0 Å². The summed E-state index contributed by atoms with van der Waals surface area (Å²) in [5, 5.41) is 2.12. The van der Waals surface area contributed by atoms with Gasteiger partial charge in [0.2, 0.25) is 0 Å². The first-order valence-corrected chi connectivity index (χ1v) is 7.60. The van der Waals surface area contributed by atoms with Crippen molar-refractivity contribution in [2.45, 2.75) is 13.0 Å². The van der Waals surface area contributed by atoms with Gasteiger partial charge in [0.15, 0.2) is 0 Å². The van der Waals surface area contributed by atoms with E-state index in [9.17, 15) is 0 Å². The van der Waals surface area contributed by atoms with Gasteiger partial charge in [-0.15, -0.1) is 11.3 Å². The van der Waals surface area contributed by atoms with Crippen molar-refractivity contribution in [1.82, 2.24) is 0 Å². The molecule has 2 nitrogen and oxygen atoms in total. The predicted octanol–water partition coefficient (Wildman–Crippen LogP) is 3.65. The van der Waals surface area contributed by atoms with Crippen molar-refractivity contribution in [2.75, 3.05) is 18.5 Å². The van der Waals surface area contributed by atoms with E-state index in [4.69, 9.17) is 5.73 Å². The summed E-state index contributed by atoms with van der Waals surface area (Å²) >= 11 is 5.37. The lowest BCUT2D eigenvalue weighted by Gasteiger charge is -2.22. The molecule has 0 aliphatic rings. The third-order valence-corrected chi connectivity index (χ3v) is 4.66. The number of nitrogens with zero attached hydrogens (tertiary/aromatic N) is 1. The maximum absolute atomic E-state index is 5.83. The quantitative estimate of drug-likeness (QED) is 0.909. The highest BCUT2D eigenvalue weighted by Crippen LogP contribution is 2.27. The van der Waals surface area contributed by atoms with Crippen LogP contribution in [0.15, 0.2) is 40.2 Å². The van der Waals surface area contributed by atoms with E-state index in [0.717, 1.165) is 17.4 Å². The van der Waals surface area contributed by atoms with E-state index in [0.29, 0.717) is 6.54 Å². The number of nitrogens with two attached hydrogens (primary N) is 1. The molecule has 0 atom stereocenters. The van der Waals surface area contributed by atoms with Crippen molar-refractivity contribution in [2.24, 2.45) is 5.73 Å². The van der Waals surface area contributed by atoms with Crippen LogP contribution in [0.3, 0.4) is 0 Å². The van der Waals surface area contributed by atoms with Gasteiger partial charge >= 0.3 is 0 Å². The molecule has 2 N–H and O–H groups in total. The topological polar surface area (TPSA) is 29.3 Å². The average molecular weight is 325 g/mol. The largest absolute Gasteiger partial charge is 0.374 e. The Bertz CT molecular complexity index is 497. The summed E-state index contributed by atoms with van der Waals surface area (Å²) in [7, 11) is 2.12. The molecule has 0 aliphatic heterocycles. The number of likely N-dealkylation sites (N-methyl/N-ethyl adjacent to an activating group) is 1. The lowest BCUT2D eigenvalue weighted by atomic mass is 10.1. The molecule has 1 heterocycles. The molecule has 18 heavy (non-hydrogen) atoms. The molecule has 2 aromatic rings. The first kappa shape index (κ1) is 13.6. The van der Waals surface area contributed by atoms with Crippen LogP contribution in [0.5, 0.6) is 0 Å². The van der Waals surface area contributed by atoms with Crippen LogP contribution in [-0.2, 0) is 13.0 Å². The van der Waals surface area contributed by atoms with Crippen LogP contribution in [0.2, 0.25) is 0 Å². The monoisotopic (exact) mass is 324 g/mol. The van der Waals surface area contributed by atoms with Gasteiger partial charge in [0, 0.05) is 40.7 Å². The zero-order valence-electron chi connectivity index (χ0n) is 10.4. The highest BCUT2D eigenvalue weighted by Gasteiger charge is 2.09. The van der Waals surface area contributed by atoms with E-state index in [1.807, 2.05) is 17.4 Å². The van der Waals surface area contributed by atoms with Crippen molar-refractivity contribution in [3.8, 4) is 0 Å². The number of rotatable bonds is 5. The molecule has 1 aromatic heterocycles. The number of hydrogen-bond acceptors (Lipinski definition) is 3. The summed E-state index contributed by atoms with van der Waals surface area (Å²) in [6, 6.07) is 10.5. The van der Waals surface area contributed by atoms with Crippen molar-refractivity contribution < 1.29 is 0 Å². The van der Waals surface area contributed by atoms with E-state index in [-0.39, 0.29) is 0 Å². The van der Waals surface area contributed by atoms with Gasteiger partial charge in [-0.25, -0.2) is 0 Å². The SMILES string of the molecule is CN(CCc1cccs1)c1cccc(Br)c1CN. The van der Waals surface area contributed by atoms with Crippen LogP contribution in [0, 0.1) is 0 Å². The molecule has 0 amide bonds. The Morgan fingerprint density at radius 1 is 1.28 bits per heavy atom. The minimum Gasteiger partial charge on any atom is -0.374 e. The van der Waals surface area contributed by atoms with E-state index >= 15 is 0 Å². The van der Waals surface area contributed by atoms with Crippen LogP contribution in [0.1, 0.15) is 10.4 Å². The maximum atomic E-state index is 5.83. The van der Waals surface area contributed by atoms with Gasteiger partial charge in [0.25, 0.3) is 0 Å². The molecule has 96 valence electrons. The molecular formula is C14H17BrN2S. The van der Waals surface area contributed by atoms with Crippen LogP contribution in [0.4, 0.5) is 5.69 Å². The normalized spacial score (nSPS) is 10.6. The molecule has 0 radical (unpaired) electrons. The zero-order valence-corrected chi connectivity index (χ0v) is 12.8. The molecule has 4 heteroatoms. The minimum atomic E-state index is 0.556. The number of hydrogen-bond donors (Lipinski definition) is 1. The Balaban J connectivity index is 2.08. The van der Waals surface area contributed by atoms with Crippen LogP contribution >= 0.6 is 27.3 Å². The molecule has 0 saturated heterocycles. The third kappa shape index (κ3) is 3.13. The summed E-state index contributed by atoms with van der Waals surface area (Å²) in [5.74, 6) is 0. The Labute approximate surface area is 121 Å². The van der Waals surface area contributed by atoms with Gasteiger partial charge in [0.05, 0.1) is 0 Å². The van der Waals surface area contributed by atoms with Crippen molar-refractivity contribution in [1.29, 1.82) is 0 Å². The van der Waals surface area contributed by atoms with E-state index in [1.54, 1.807) is 0 Å². The van der Waals surface area contributed by atoms with E-state index in [2.05, 4.69) is 57.5 Å². The predicted molar refractivity (Wildman–Crippen MR) is 83.3 cm³/mol. The first-order valence-electron chi connectivity index (χ1n) is 5.93. The second-order valence-electron chi connectivity index (χ2n) is 4.19. The van der Waals surface area contributed by atoms with Crippen molar-refractivity contribution >= 4 is 33.0 Å². The third-order valence-electron chi connectivity index (χ3n) is 2.98. The number of anilines is 1. The van der Waals surface area contributed by atoms with Gasteiger partial charge in [-0.3, -0.25) is 0 Å². The molecule has 2 rings (SSSR count). The Hall–Kier alpha value is -0.840. The lowest BCUT2D eigenvalue weighted by Crippen LogP contribution is -2.22. The Morgan fingerprint density at radius 2 is 2.11 bits per heavy atom. The average Bonchev–Trinajstić information content (AvgIpc) is 2.88. The summed E-state index contributed by atoms with van der Waals surface area (Å²) in [5.41, 5.74) is 8.21. The van der Waals surface area contributed by atoms with Crippen LogP contribution in [-0.4, -0.2) is 13.6 Å². The number of benzene rings is 1. The number of thiophene rings is 1. The van der Waals surface area contributed by atoms with E-state index in [1.165, 1.54) is 16.1 Å². The van der Waals surface area contributed by atoms with Crippen LogP contribution < -0.4 is 10.6 Å². The minimum absolute atomic E-state index is 0.556. The zero-order chi connectivity index (χ0) is 13.0. The second kappa shape index (κ2) is 6.36. The Morgan fingerprint density at radius 3 is 2.78 bits per heavy atom. The van der Waals surface area contributed by atoms with Gasteiger partial charge < -0.3 is 10.6 Å². The summed E-state index contributed by atoms with van der Waals surface area (Å²) in [4.78, 5) is 3.69. The summed E-state index contributed by atoms with van der Waals surface area (Å²) in [6.07, 6.45) is 1.07. The highest BCUT2D eigenvalue weighted by molar-refractivity contribution is 9.10. The summed E-state index contributed by atoms with van der Waals surface area (Å²) in [6.45, 7) is 1.56. The molecule has 0 aliphatic carbocycles. The van der Waals surface area contributed by atoms with Gasteiger partial charge in [-0.05, 0) is 30.0 Å². The molecule has 1 aromatic carbocycles. The molecule has 0 spiro atoms. The van der Waals surface area contributed by atoms with Gasteiger partial charge in [-0.1, -0.05) is 28.1 Å². The second-order valence-corrected chi connectivity index (χ2v) is 6.08. The highest BCUT2D eigenvalue weighted by atomic mass is 79.9. The fraction of sp³-hybridized carbons (Fsp3) is 0.286. The molecule has 0 unspecified atom stereocenters. The molecule has 0 fully saturated rings. The van der Waals surface area contributed by atoms with Gasteiger partial charge in [-0.2, -0.15) is 0 Å². The standard InChI is InChI=1S/C14H17BrN2S/c1-17(8-7-11-4-3-9-18-11)14-6-2-5-13(15)12(14)10-16/h2-6,9H,7-8,10,16H2,1H3. The fourth-order valence-corrected chi connectivity index (χ4v) is 3.18. The summed E-state index contributed by atoms with van der Waals surface area (Å²) < 4.78 is 1.09. The lowest BCUT2D eigenvalue weighted by molar-refractivity contribution is 0.874.